The van der Waals surface area contributed by atoms with Gasteiger partial charge in [0, 0.05) is 24.2 Å². The van der Waals surface area contributed by atoms with E-state index in [2.05, 4.69) is 20.8 Å². The van der Waals surface area contributed by atoms with Crippen LogP contribution in [0.3, 0.4) is 0 Å². The Balaban J connectivity index is 0.00000208. The van der Waals surface area contributed by atoms with Crippen LogP contribution in [0.5, 0.6) is 0 Å². The number of rotatable bonds is 4. The summed E-state index contributed by atoms with van der Waals surface area (Å²) in [6.07, 6.45) is 0.659. The zero-order chi connectivity index (χ0) is 16.4. The minimum absolute atomic E-state index is 0. The van der Waals surface area contributed by atoms with Crippen LogP contribution in [0.15, 0.2) is 22.7 Å². The zero-order valence-electron chi connectivity index (χ0n) is 13.6. The van der Waals surface area contributed by atoms with Gasteiger partial charge < -0.3 is 20.3 Å². The summed E-state index contributed by atoms with van der Waals surface area (Å²) in [6.45, 7) is 4.32. The molecule has 0 saturated carbocycles. The molecule has 1 aromatic carbocycles. The van der Waals surface area contributed by atoms with Crippen molar-refractivity contribution in [2.45, 2.75) is 38.8 Å². The Morgan fingerprint density at radius 2 is 2.29 bits per heavy atom. The fourth-order valence-corrected chi connectivity index (χ4v) is 2.54. The summed E-state index contributed by atoms with van der Waals surface area (Å²) in [6, 6.07) is 5.24. The number of nitrogens with zero attached hydrogens (tertiary/aromatic N) is 2. The average Bonchev–Trinajstić information content (AvgIpc) is 3.18. The summed E-state index contributed by atoms with van der Waals surface area (Å²) < 4.78 is 5.24. The van der Waals surface area contributed by atoms with E-state index in [1.807, 2.05) is 32.0 Å². The van der Waals surface area contributed by atoms with Crippen LogP contribution in [0, 0.1) is 6.92 Å². The fraction of sp³-hybridized carbons (Fsp3) is 0.438. The van der Waals surface area contributed by atoms with Crippen LogP contribution in [0.25, 0.3) is 11.5 Å². The number of carbonyl (C=O) groups excluding carboxylic acids is 1. The maximum Gasteiger partial charge on any atom is 0.257 e. The molecule has 0 bridgehead atoms. The molecule has 0 aliphatic carbocycles. The second-order valence-corrected chi connectivity index (χ2v) is 5.74. The third-order valence-corrected chi connectivity index (χ3v) is 3.95. The summed E-state index contributed by atoms with van der Waals surface area (Å²) in [4.78, 5) is 16.6. The number of amides is 1. The predicted molar refractivity (Wildman–Crippen MR) is 92.1 cm³/mol. The molecule has 1 fully saturated rings. The molecule has 1 aliphatic rings. The molecule has 7 nitrogen and oxygen atoms in total. The van der Waals surface area contributed by atoms with Crippen LogP contribution in [-0.2, 0) is 11.2 Å². The molecule has 2 heterocycles. The van der Waals surface area contributed by atoms with E-state index >= 15 is 0 Å². The number of anilines is 1. The lowest BCUT2D eigenvalue weighted by atomic mass is 10.1. The van der Waals surface area contributed by atoms with Gasteiger partial charge in [0.1, 0.15) is 0 Å². The van der Waals surface area contributed by atoms with Crippen LogP contribution in [0.1, 0.15) is 24.7 Å². The summed E-state index contributed by atoms with van der Waals surface area (Å²) in [7, 11) is 0. The van der Waals surface area contributed by atoms with Crippen molar-refractivity contribution in [1.82, 2.24) is 15.5 Å². The molecule has 3 N–H and O–H groups in total. The van der Waals surface area contributed by atoms with Gasteiger partial charge in [0.15, 0.2) is 5.82 Å². The van der Waals surface area contributed by atoms with Gasteiger partial charge in [0.25, 0.3) is 5.89 Å². The molecule has 1 aromatic heterocycles. The third kappa shape index (κ3) is 3.92. The third-order valence-electron chi connectivity index (χ3n) is 3.95. The number of nitrogens with one attached hydrogen (secondary N) is 2. The molecule has 130 valence electrons. The minimum Gasteiger partial charge on any atom is -0.392 e. The summed E-state index contributed by atoms with van der Waals surface area (Å²) in [5.41, 5.74) is 2.40. The lowest BCUT2D eigenvalue weighted by Gasteiger charge is -2.13. The molecule has 1 amide bonds. The van der Waals surface area contributed by atoms with Gasteiger partial charge in [-0.15, -0.1) is 12.4 Å². The highest BCUT2D eigenvalue weighted by Crippen LogP contribution is 2.25. The summed E-state index contributed by atoms with van der Waals surface area (Å²) >= 11 is 0. The first-order valence-electron chi connectivity index (χ1n) is 7.72. The highest BCUT2D eigenvalue weighted by atomic mass is 35.5. The molecule has 2 atom stereocenters. The monoisotopic (exact) mass is 352 g/mol. The molecule has 2 aromatic rings. The van der Waals surface area contributed by atoms with Crippen molar-refractivity contribution in [3.8, 4) is 11.5 Å². The topological polar surface area (TPSA) is 100 Å². The van der Waals surface area contributed by atoms with E-state index < -0.39 is 6.10 Å². The number of hydrogen-bond acceptors (Lipinski definition) is 6. The van der Waals surface area contributed by atoms with Crippen molar-refractivity contribution in [3.63, 3.8) is 0 Å². The molecule has 1 saturated heterocycles. The normalized spacial score (nSPS) is 19.8. The number of β-amino-alcohol motifs (C(OH)–C–C–N with tert-alkyl or cyclic N) is 1. The van der Waals surface area contributed by atoms with Crippen molar-refractivity contribution < 1.29 is 14.4 Å². The highest BCUT2D eigenvalue weighted by Gasteiger charge is 2.28. The fourth-order valence-electron chi connectivity index (χ4n) is 2.54. The van der Waals surface area contributed by atoms with Gasteiger partial charge in [-0.1, -0.05) is 18.1 Å². The van der Waals surface area contributed by atoms with Crippen molar-refractivity contribution in [2.24, 2.45) is 0 Å². The number of benzene rings is 1. The average molecular weight is 353 g/mol. The van der Waals surface area contributed by atoms with Crippen LogP contribution >= 0.6 is 12.4 Å². The van der Waals surface area contributed by atoms with Gasteiger partial charge in [-0.25, -0.2) is 0 Å². The van der Waals surface area contributed by atoms with E-state index in [-0.39, 0.29) is 24.4 Å². The maximum atomic E-state index is 12.3. The van der Waals surface area contributed by atoms with Gasteiger partial charge >= 0.3 is 0 Å². The van der Waals surface area contributed by atoms with Crippen LogP contribution in [0.2, 0.25) is 0 Å². The lowest BCUT2D eigenvalue weighted by Crippen LogP contribution is -2.35. The molecule has 8 heteroatoms. The molecule has 0 spiro atoms. The number of aryl methyl sites for hydroxylation is 2. The quantitative estimate of drug-likeness (QED) is 0.774. The van der Waals surface area contributed by atoms with Gasteiger partial charge in [-0.05, 0) is 31.0 Å². The van der Waals surface area contributed by atoms with E-state index in [1.54, 1.807) is 0 Å². The summed E-state index contributed by atoms with van der Waals surface area (Å²) in [5.74, 6) is 0.934. The Hall–Kier alpha value is -1.96. The Bertz CT molecular complexity index is 719. The first-order valence-corrected chi connectivity index (χ1v) is 7.72. The van der Waals surface area contributed by atoms with Crippen LogP contribution < -0.4 is 10.6 Å². The zero-order valence-corrected chi connectivity index (χ0v) is 14.4. The maximum absolute atomic E-state index is 12.3. The molecule has 24 heavy (non-hydrogen) atoms. The number of aliphatic hydroxyl groups is 1. The smallest absolute Gasteiger partial charge is 0.257 e. The lowest BCUT2D eigenvalue weighted by molar-refractivity contribution is -0.117. The van der Waals surface area contributed by atoms with E-state index in [0.717, 1.165) is 11.1 Å². The number of carbonyl (C=O) groups is 1. The van der Waals surface area contributed by atoms with Crippen LogP contribution in [-0.4, -0.2) is 39.8 Å². The molecule has 2 unspecified atom stereocenters. The first-order chi connectivity index (χ1) is 11.1. The number of hydrogen-bond donors (Lipinski definition) is 3. The molecule has 0 radical (unpaired) electrons. The van der Waals surface area contributed by atoms with Gasteiger partial charge in [0.2, 0.25) is 5.91 Å². The number of halogens is 1. The largest absolute Gasteiger partial charge is 0.392 e. The van der Waals surface area contributed by atoms with Crippen molar-refractivity contribution in [2.75, 3.05) is 11.9 Å². The van der Waals surface area contributed by atoms with Crippen molar-refractivity contribution in [3.05, 3.63) is 29.6 Å². The second-order valence-electron chi connectivity index (χ2n) is 5.74. The molecular formula is C16H21ClN4O3. The predicted octanol–water partition coefficient (Wildman–Crippen LogP) is 1.69. The highest BCUT2D eigenvalue weighted by molar-refractivity contribution is 5.96. The molecular weight excluding hydrogens is 332 g/mol. The van der Waals surface area contributed by atoms with E-state index in [9.17, 15) is 9.90 Å². The standard InChI is InChI=1S/C16H20N4O3.ClH/c1-3-14-19-16(23-20-14)10-5-4-9(2)12(6-10)18-15(22)13-7-11(21)8-17-13;/h4-6,11,13,17,21H,3,7-8H2,1-2H3,(H,18,22);1H. The van der Waals surface area contributed by atoms with Gasteiger partial charge in [-0.2, -0.15) is 4.98 Å². The Kier molecular flexibility index (Phi) is 5.93. The van der Waals surface area contributed by atoms with Gasteiger partial charge in [0.05, 0.1) is 12.1 Å². The van der Waals surface area contributed by atoms with Gasteiger partial charge in [-0.3, -0.25) is 4.79 Å². The van der Waals surface area contributed by atoms with Crippen LogP contribution in [0.4, 0.5) is 5.69 Å². The summed E-state index contributed by atoms with van der Waals surface area (Å²) in [5, 5.41) is 19.3. The second kappa shape index (κ2) is 7.74. The Morgan fingerprint density at radius 1 is 1.50 bits per heavy atom. The minimum atomic E-state index is -0.468. The van der Waals surface area contributed by atoms with E-state index in [1.165, 1.54) is 0 Å². The Labute approximate surface area is 146 Å². The number of aromatic nitrogens is 2. The van der Waals surface area contributed by atoms with Crippen molar-refractivity contribution in [1.29, 1.82) is 0 Å². The van der Waals surface area contributed by atoms with E-state index in [4.69, 9.17) is 4.52 Å². The molecule has 1 aliphatic heterocycles. The molecule has 3 rings (SSSR count). The van der Waals surface area contributed by atoms with E-state index in [0.29, 0.717) is 36.8 Å². The SMILES string of the molecule is CCc1noc(-c2ccc(C)c(NC(=O)C3CC(O)CN3)c2)n1.Cl. The first kappa shape index (κ1) is 18.4. The number of aliphatic hydroxyl groups excluding tert-OH is 1. The van der Waals surface area contributed by atoms with Crippen molar-refractivity contribution >= 4 is 24.0 Å². The Morgan fingerprint density at radius 3 is 2.92 bits per heavy atom.